The number of piperidine rings is 1. The Morgan fingerprint density at radius 2 is 1.86 bits per heavy atom. The molecule has 0 unspecified atom stereocenters. The first-order chi connectivity index (χ1) is 10.9. The average Bonchev–Trinajstić information content (AvgIpc) is 3.05. The van der Waals surface area contributed by atoms with Gasteiger partial charge in [-0.25, -0.2) is 9.97 Å². The topological polar surface area (TPSA) is 29.0 Å². The van der Waals surface area contributed by atoms with Crippen LogP contribution >= 0.6 is 11.3 Å². The van der Waals surface area contributed by atoms with Gasteiger partial charge in [0.25, 0.3) is 0 Å². The molecule has 112 valence electrons. The average molecular weight is 309 g/mol. The molecule has 2 aromatic heterocycles. The Bertz CT molecular complexity index is 745. The molecule has 22 heavy (non-hydrogen) atoms. The van der Waals surface area contributed by atoms with Crippen LogP contribution in [0.4, 0.5) is 5.82 Å². The highest BCUT2D eigenvalue weighted by Gasteiger charge is 2.22. The monoisotopic (exact) mass is 309 g/mol. The van der Waals surface area contributed by atoms with E-state index in [4.69, 9.17) is 0 Å². The van der Waals surface area contributed by atoms with Crippen LogP contribution in [0.1, 0.15) is 18.4 Å². The second kappa shape index (κ2) is 6.05. The molecule has 1 saturated heterocycles. The molecule has 1 fully saturated rings. The van der Waals surface area contributed by atoms with Crippen molar-refractivity contribution >= 4 is 27.4 Å². The molecule has 3 heterocycles. The molecule has 1 aliphatic rings. The lowest BCUT2D eigenvalue weighted by atomic mass is 9.90. The van der Waals surface area contributed by atoms with E-state index in [-0.39, 0.29) is 0 Å². The zero-order valence-electron chi connectivity index (χ0n) is 12.5. The Balaban J connectivity index is 1.45. The van der Waals surface area contributed by atoms with Crippen LogP contribution in [0, 0.1) is 5.92 Å². The summed E-state index contributed by atoms with van der Waals surface area (Å²) in [5, 5.41) is 2.10. The maximum atomic E-state index is 4.54. The summed E-state index contributed by atoms with van der Waals surface area (Å²) < 4.78 is 1.23. The largest absolute Gasteiger partial charge is 0.355 e. The highest BCUT2D eigenvalue weighted by atomic mass is 32.1. The van der Waals surface area contributed by atoms with E-state index in [0.717, 1.165) is 30.3 Å². The zero-order chi connectivity index (χ0) is 14.8. The van der Waals surface area contributed by atoms with E-state index in [1.54, 1.807) is 17.7 Å². The molecule has 0 N–H and O–H groups in total. The molecule has 4 heteroatoms. The molecule has 0 spiro atoms. The maximum Gasteiger partial charge on any atom is 0.150 e. The Morgan fingerprint density at radius 3 is 2.68 bits per heavy atom. The Morgan fingerprint density at radius 1 is 1.05 bits per heavy atom. The Kier molecular flexibility index (Phi) is 3.77. The first-order valence-electron chi connectivity index (χ1n) is 7.87. The molecule has 0 aliphatic carbocycles. The fourth-order valence-corrected chi connectivity index (χ4v) is 4.16. The number of anilines is 1. The van der Waals surface area contributed by atoms with Gasteiger partial charge >= 0.3 is 0 Å². The summed E-state index contributed by atoms with van der Waals surface area (Å²) in [5.41, 5.74) is 2.53. The standard InChI is InChI=1S/C18H19N3S/c1-2-4-14(5-3-1)12-15-6-9-21(10-7-15)18-17-16(8-11-22-17)19-13-20-18/h1-5,8,11,13,15H,6-7,9-10,12H2. The fourth-order valence-electron chi connectivity index (χ4n) is 3.30. The van der Waals surface area contributed by atoms with Crippen molar-refractivity contribution in [3.05, 3.63) is 53.7 Å². The summed E-state index contributed by atoms with van der Waals surface area (Å²) in [6.45, 7) is 2.20. The second-order valence-electron chi connectivity index (χ2n) is 5.95. The van der Waals surface area contributed by atoms with Gasteiger partial charge in [-0.1, -0.05) is 30.3 Å². The first-order valence-corrected chi connectivity index (χ1v) is 8.75. The summed E-state index contributed by atoms with van der Waals surface area (Å²) in [6.07, 6.45) is 5.38. The van der Waals surface area contributed by atoms with E-state index in [9.17, 15) is 0 Å². The molecule has 3 aromatic rings. The van der Waals surface area contributed by atoms with Gasteiger partial charge in [-0.2, -0.15) is 0 Å². The van der Waals surface area contributed by atoms with Gasteiger partial charge in [-0.05, 0) is 42.2 Å². The van der Waals surface area contributed by atoms with Gasteiger partial charge in [-0.3, -0.25) is 0 Å². The molecule has 4 rings (SSSR count). The molecule has 1 aliphatic heterocycles. The van der Waals surface area contributed by atoms with Gasteiger partial charge in [0.15, 0.2) is 0 Å². The number of rotatable bonds is 3. The molecule has 1 aromatic carbocycles. The number of benzene rings is 1. The molecule has 3 nitrogen and oxygen atoms in total. The first kappa shape index (κ1) is 13.7. The normalized spacial score (nSPS) is 16.3. The minimum absolute atomic E-state index is 0.791. The van der Waals surface area contributed by atoms with Gasteiger partial charge in [0.2, 0.25) is 0 Å². The van der Waals surface area contributed by atoms with Crippen LogP contribution in [-0.2, 0) is 6.42 Å². The van der Waals surface area contributed by atoms with Crippen LogP contribution in [-0.4, -0.2) is 23.1 Å². The predicted molar refractivity (Wildman–Crippen MR) is 92.5 cm³/mol. The van der Waals surface area contributed by atoms with E-state index < -0.39 is 0 Å². The van der Waals surface area contributed by atoms with Gasteiger partial charge in [0.05, 0.1) is 10.2 Å². The van der Waals surface area contributed by atoms with Crippen LogP contribution in [0.15, 0.2) is 48.1 Å². The smallest absolute Gasteiger partial charge is 0.150 e. The quantitative estimate of drug-likeness (QED) is 0.728. The van der Waals surface area contributed by atoms with Crippen molar-refractivity contribution in [2.24, 2.45) is 5.92 Å². The minimum atomic E-state index is 0.791. The van der Waals surface area contributed by atoms with E-state index in [2.05, 4.69) is 56.6 Å². The Hall–Kier alpha value is -1.94. The fraction of sp³-hybridized carbons (Fsp3) is 0.333. The third-order valence-electron chi connectivity index (χ3n) is 4.51. The van der Waals surface area contributed by atoms with Crippen molar-refractivity contribution < 1.29 is 0 Å². The summed E-state index contributed by atoms with van der Waals surface area (Å²) in [7, 11) is 0. The number of fused-ring (bicyclic) bond motifs is 1. The lowest BCUT2D eigenvalue weighted by Gasteiger charge is -2.33. The number of nitrogens with zero attached hydrogens (tertiary/aromatic N) is 3. The highest BCUT2D eigenvalue weighted by Crippen LogP contribution is 2.31. The summed E-state index contributed by atoms with van der Waals surface area (Å²) in [5.74, 6) is 1.91. The zero-order valence-corrected chi connectivity index (χ0v) is 13.3. The van der Waals surface area contributed by atoms with Gasteiger partial charge < -0.3 is 4.90 Å². The molecular weight excluding hydrogens is 290 g/mol. The van der Waals surface area contributed by atoms with E-state index in [0.29, 0.717) is 0 Å². The van der Waals surface area contributed by atoms with Crippen LogP contribution in [0.3, 0.4) is 0 Å². The molecule has 0 amide bonds. The lowest BCUT2D eigenvalue weighted by Crippen LogP contribution is -2.34. The van der Waals surface area contributed by atoms with Crippen molar-refractivity contribution in [1.82, 2.24) is 9.97 Å². The second-order valence-corrected chi connectivity index (χ2v) is 6.87. The van der Waals surface area contributed by atoms with Crippen LogP contribution in [0.2, 0.25) is 0 Å². The third-order valence-corrected chi connectivity index (χ3v) is 5.41. The number of hydrogen-bond acceptors (Lipinski definition) is 4. The molecule has 0 atom stereocenters. The van der Waals surface area contributed by atoms with Gasteiger partial charge in [-0.15, -0.1) is 11.3 Å². The van der Waals surface area contributed by atoms with Crippen LogP contribution in [0.5, 0.6) is 0 Å². The number of aromatic nitrogens is 2. The molecule has 0 bridgehead atoms. The number of thiophene rings is 1. The van der Waals surface area contributed by atoms with Crippen molar-refractivity contribution in [3.8, 4) is 0 Å². The minimum Gasteiger partial charge on any atom is -0.355 e. The van der Waals surface area contributed by atoms with Gasteiger partial charge in [0.1, 0.15) is 12.1 Å². The molecule has 0 saturated carbocycles. The predicted octanol–water partition coefficient (Wildman–Crippen LogP) is 4.15. The third kappa shape index (κ3) is 2.71. The lowest BCUT2D eigenvalue weighted by molar-refractivity contribution is 0.403. The van der Waals surface area contributed by atoms with Crippen molar-refractivity contribution in [2.45, 2.75) is 19.3 Å². The van der Waals surface area contributed by atoms with Crippen LogP contribution in [0.25, 0.3) is 10.2 Å². The van der Waals surface area contributed by atoms with Crippen molar-refractivity contribution in [2.75, 3.05) is 18.0 Å². The van der Waals surface area contributed by atoms with E-state index in [1.807, 2.05) is 0 Å². The molecule has 0 radical (unpaired) electrons. The van der Waals surface area contributed by atoms with Crippen LogP contribution < -0.4 is 4.90 Å². The van der Waals surface area contributed by atoms with Crippen molar-refractivity contribution in [3.63, 3.8) is 0 Å². The molecular formula is C18H19N3S. The van der Waals surface area contributed by atoms with E-state index in [1.165, 1.54) is 29.5 Å². The van der Waals surface area contributed by atoms with E-state index >= 15 is 0 Å². The SMILES string of the molecule is c1ccc(CC2CCN(c3ncnc4ccsc34)CC2)cc1. The Labute approximate surface area is 134 Å². The summed E-state index contributed by atoms with van der Waals surface area (Å²) >= 11 is 1.74. The highest BCUT2D eigenvalue weighted by molar-refractivity contribution is 7.17. The number of hydrogen-bond donors (Lipinski definition) is 0. The van der Waals surface area contributed by atoms with Crippen molar-refractivity contribution in [1.29, 1.82) is 0 Å². The maximum absolute atomic E-state index is 4.54. The van der Waals surface area contributed by atoms with Gasteiger partial charge in [0, 0.05) is 13.1 Å². The summed E-state index contributed by atoms with van der Waals surface area (Å²) in [6, 6.07) is 12.9. The summed E-state index contributed by atoms with van der Waals surface area (Å²) in [4.78, 5) is 11.3.